The second-order valence-electron chi connectivity index (χ2n) is 4.88. The lowest BCUT2D eigenvalue weighted by Crippen LogP contribution is -2.43. The number of nitrogens with one attached hydrogen (secondary N) is 2. The van der Waals surface area contributed by atoms with Crippen LogP contribution in [0.2, 0.25) is 0 Å². The predicted molar refractivity (Wildman–Crippen MR) is 83.5 cm³/mol. The van der Waals surface area contributed by atoms with Gasteiger partial charge >= 0.3 is 12.0 Å². The van der Waals surface area contributed by atoms with Crippen molar-refractivity contribution in [1.29, 1.82) is 0 Å². The largest absolute Gasteiger partial charge is 0.480 e. The predicted octanol–water partition coefficient (Wildman–Crippen LogP) is 1.61. The first-order valence-corrected chi connectivity index (χ1v) is 7.93. The molecular weight excluding hydrogens is 306 g/mol. The second kappa shape index (κ2) is 9.04. The van der Waals surface area contributed by atoms with Gasteiger partial charge in [0, 0.05) is 4.88 Å². The van der Waals surface area contributed by atoms with Gasteiger partial charge in [-0.05, 0) is 17.9 Å². The molecule has 0 aliphatic heterocycles. The van der Waals surface area contributed by atoms with Gasteiger partial charge in [0.15, 0.2) is 0 Å². The lowest BCUT2D eigenvalue weighted by atomic mass is 10.1. The van der Waals surface area contributed by atoms with Gasteiger partial charge in [0.05, 0.1) is 12.5 Å². The van der Waals surface area contributed by atoms with E-state index < -0.39 is 30.0 Å². The summed E-state index contributed by atoms with van der Waals surface area (Å²) in [7, 11) is 0. The van der Waals surface area contributed by atoms with Gasteiger partial charge < -0.3 is 21.5 Å². The minimum atomic E-state index is -1.06. The van der Waals surface area contributed by atoms with Gasteiger partial charge in [-0.3, -0.25) is 4.79 Å². The number of carboxylic acids is 1. The average Bonchev–Trinajstić information content (AvgIpc) is 2.96. The highest BCUT2D eigenvalue weighted by atomic mass is 32.1. The summed E-state index contributed by atoms with van der Waals surface area (Å²) in [6, 6.07) is 1.38. The molecule has 0 radical (unpaired) electrons. The van der Waals surface area contributed by atoms with Crippen molar-refractivity contribution in [2.45, 2.75) is 44.7 Å². The molecule has 1 unspecified atom stereocenters. The second-order valence-corrected chi connectivity index (χ2v) is 5.86. The number of primary amides is 1. The van der Waals surface area contributed by atoms with Crippen molar-refractivity contribution in [1.82, 2.24) is 10.6 Å². The number of nitrogens with two attached hydrogens (primary N) is 1. The minimum Gasteiger partial charge on any atom is -0.480 e. The first-order valence-electron chi connectivity index (χ1n) is 7.05. The molecule has 0 aliphatic rings. The van der Waals surface area contributed by atoms with E-state index in [1.165, 1.54) is 11.3 Å². The molecule has 122 valence electrons. The number of amides is 3. The van der Waals surface area contributed by atoms with Gasteiger partial charge in [0.1, 0.15) is 6.04 Å². The highest BCUT2D eigenvalue weighted by Gasteiger charge is 2.23. The molecule has 1 rings (SSSR count). The summed E-state index contributed by atoms with van der Waals surface area (Å²) in [6.07, 6.45) is 1.88. The van der Waals surface area contributed by atoms with E-state index in [2.05, 4.69) is 10.6 Å². The molecule has 0 aliphatic carbocycles. The highest BCUT2D eigenvalue weighted by molar-refractivity contribution is 7.10. The molecule has 7 nitrogen and oxygen atoms in total. The SMILES string of the molecule is CCCC[C@H](NC(=O)CC(NC(N)=O)c1cccs1)C(=O)O. The summed E-state index contributed by atoms with van der Waals surface area (Å²) >= 11 is 1.39. The molecule has 1 aromatic heterocycles. The lowest BCUT2D eigenvalue weighted by Gasteiger charge is -2.18. The Kier molecular flexibility index (Phi) is 7.38. The maximum absolute atomic E-state index is 12.0. The van der Waals surface area contributed by atoms with E-state index in [1.54, 1.807) is 12.1 Å². The van der Waals surface area contributed by atoms with E-state index in [9.17, 15) is 14.4 Å². The fourth-order valence-corrected chi connectivity index (χ4v) is 2.77. The molecule has 0 saturated heterocycles. The lowest BCUT2D eigenvalue weighted by molar-refractivity contribution is -0.142. The summed E-state index contributed by atoms with van der Waals surface area (Å²) in [5.41, 5.74) is 5.12. The van der Waals surface area contributed by atoms with Crippen LogP contribution in [0.1, 0.15) is 43.5 Å². The standard InChI is InChI=1S/C14H21N3O4S/c1-2-3-5-9(13(19)20)16-12(18)8-10(17-14(15)21)11-6-4-7-22-11/h4,6-7,9-10H,2-3,5,8H2,1H3,(H,16,18)(H,19,20)(H3,15,17,21)/t9-,10?/m0/s1. The number of thiophene rings is 1. The number of carbonyl (C=O) groups is 3. The molecular formula is C14H21N3O4S. The van der Waals surface area contributed by atoms with Gasteiger partial charge in [0.2, 0.25) is 5.91 Å². The third-order valence-corrected chi connectivity index (χ3v) is 4.06. The van der Waals surface area contributed by atoms with E-state index in [1.807, 2.05) is 12.3 Å². The van der Waals surface area contributed by atoms with Gasteiger partial charge in [-0.1, -0.05) is 25.8 Å². The zero-order valence-corrected chi connectivity index (χ0v) is 13.2. The van der Waals surface area contributed by atoms with E-state index in [-0.39, 0.29) is 6.42 Å². The Bertz CT molecular complexity index is 504. The van der Waals surface area contributed by atoms with Crippen LogP contribution in [0.25, 0.3) is 0 Å². The van der Waals surface area contributed by atoms with Crippen molar-refractivity contribution in [2.75, 3.05) is 0 Å². The molecule has 8 heteroatoms. The summed E-state index contributed by atoms with van der Waals surface area (Å²) in [6.45, 7) is 1.95. The van der Waals surface area contributed by atoms with Gasteiger partial charge in [-0.25, -0.2) is 9.59 Å². The monoisotopic (exact) mass is 327 g/mol. The van der Waals surface area contributed by atoms with Crippen molar-refractivity contribution < 1.29 is 19.5 Å². The van der Waals surface area contributed by atoms with Gasteiger partial charge in [-0.2, -0.15) is 0 Å². The number of hydrogen-bond donors (Lipinski definition) is 4. The molecule has 2 atom stereocenters. The Balaban J connectivity index is 2.65. The van der Waals surface area contributed by atoms with E-state index in [4.69, 9.17) is 10.8 Å². The van der Waals surface area contributed by atoms with Crippen LogP contribution in [0.4, 0.5) is 4.79 Å². The van der Waals surface area contributed by atoms with Crippen LogP contribution in [0, 0.1) is 0 Å². The molecule has 1 aromatic rings. The fourth-order valence-electron chi connectivity index (χ4n) is 1.99. The Morgan fingerprint density at radius 2 is 2.09 bits per heavy atom. The van der Waals surface area contributed by atoms with Crippen molar-refractivity contribution in [3.05, 3.63) is 22.4 Å². The van der Waals surface area contributed by atoms with Crippen LogP contribution in [0.5, 0.6) is 0 Å². The molecule has 0 spiro atoms. The molecule has 3 amide bonds. The van der Waals surface area contributed by atoms with Crippen LogP contribution < -0.4 is 16.4 Å². The van der Waals surface area contributed by atoms with Crippen LogP contribution in [0.15, 0.2) is 17.5 Å². The first kappa shape index (κ1) is 18.0. The summed E-state index contributed by atoms with van der Waals surface area (Å²) < 4.78 is 0. The summed E-state index contributed by atoms with van der Waals surface area (Å²) in [4.78, 5) is 35.0. The zero-order valence-electron chi connectivity index (χ0n) is 12.4. The smallest absolute Gasteiger partial charge is 0.326 e. The normalized spacial score (nSPS) is 13.1. The zero-order chi connectivity index (χ0) is 16.5. The van der Waals surface area contributed by atoms with Crippen LogP contribution in [-0.2, 0) is 9.59 Å². The maximum Gasteiger partial charge on any atom is 0.326 e. The molecule has 0 fully saturated rings. The molecule has 1 heterocycles. The minimum absolute atomic E-state index is 0.0562. The van der Waals surface area contributed by atoms with E-state index in [0.717, 1.165) is 11.3 Å². The number of rotatable bonds is 9. The Labute approximate surface area is 132 Å². The Morgan fingerprint density at radius 1 is 1.36 bits per heavy atom. The fraction of sp³-hybridized carbons (Fsp3) is 0.500. The first-order chi connectivity index (χ1) is 10.4. The quantitative estimate of drug-likeness (QED) is 0.550. The van der Waals surface area contributed by atoms with Crippen LogP contribution in [-0.4, -0.2) is 29.1 Å². The summed E-state index contributed by atoms with van der Waals surface area (Å²) in [5.74, 6) is -1.49. The number of urea groups is 1. The van der Waals surface area contributed by atoms with Gasteiger partial charge in [0.25, 0.3) is 0 Å². The van der Waals surface area contributed by atoms with Crippen molar-refractivity contribution in [2.24, 2.45) is 5.73 Å². The van der Waals surface area contributed by atoms with E-state index in [0.29, 0.717) is 12.8 Å². The number of unbranched alkanes of at least 4 members (excludes halogenated alkanes) is 1. The average molecular weight is 327 g/mol. The topological polar surface area (TPSA) is 122 Å². The van der Waals surface area contributed by atoms with Crippen LogP contribution >= 0.6 is 11.3 Å². The third kappa shape index (κ3) is 6.13. The number of aliphatic carboxylic acids is 1. The Morgan fingerprint density at radius 3 is 2.59 bits per heavy atom. The maximum atomic E-state index is 12.0. The highest BCUT2D eigenvalue weighted by Crippen LogP contribution is 2.22. The molecule has 0 bridgehead atoms. The number of carbonyl (C=O) groups excluding carboxylic acids is 2. The molecule has 0 aromatic carbocycles. The van der Waals surface area contributed by atoms with Gasteiger partial charge in [-0.15, -0.1) is 11.3 Å². The molecule has 5 N–H and O–H groups in total. The molecule has 0 saturated carbocycles. The van der Waals surface area contributed by atoms with Crippen molar-refractivity contribution >= 4 is 29.2 Å². The number of hydrogen-bond acceptors (Lipinski definition) is 4. The number of carboxylic acid groups (broad SMARTS) is 1. The van der Waals surface area contributed by atoms with Crippen molar-refractivity contribution in [3.63, 3.8) is 0 Å². The third-order valence-electron chi connectivity index (χ3n) is 3.07. The Hall–Kier alpha value is -2.09. The van der Waals surface area contributed by atoms with Crippen molar-refractivity contribution in [3.8, 4) is 0 Å². The molecule has 22 heavy (non-hydrogen) atoms. The van der Waals surface area contributed by atoms with Crippen LogP contribution in [0.3, 0.4) is 0 Å². The summed E-state index contributed by atoms with van der Waals surface area (Å²) in [5, 5.41) is 15.9. The van der Waals surface area contributed by atoms with E-state index >= 15 is 0 Å².